The Bertz CT molecular complexity index is 1010. The molecule has 2 aliphatic rings. The highest BCUT2D eigenvalue weighted by atomic mass is 16.2. The summed E-state index contributed by atoms with van der Waals surface area (Å²) in [5.74, 6) is -0.228. The van der Waals surface area contributed by atoms with E-state index in [9.17, 15) is 9.59 Å². The zero-order valence-corrected chi connectivity index (χ0v) is 18.9. The first-order chi connectivity index (χ1) is 16.1. The zero-order chi connectivity index (χ0) is 23.0. The normalized spacial score (nSPS) is 17.2. The first-order valence-electron chi connectivity index (χ1n) is 11.8. The van der Waals surface area contributed by atoms with Crippen LogP contribution in [0, 0.1) is 11.3 Å². The molecule has 1 heterocycles. The molecule has 0 unspecified atom stereocenters. The van der Waals surface area contributed by atoms with Gasteiger partial charge in [-0.3, -0.25) is 14.5 Å². The van der Waals surface area contributed by atoms with Gasteiger partial charge in [-0.15, -0.1) is 0 Å². The Morgan fingerprint density at radius 2 is 1.70 bits per heavy atom. The van der Waals surface area contributed by atoms with Gasteiger partial charge in [0, 0.05) is 37.9 Å². The molecule has 7 heteroatoms. The maximum absolute atomic E-state index is 12.8. The summed E-state index contributed by atoms with van der Waals surface area (Å²) in [6.07, 6.45) is 5.31. The molecule has 1 aliphatic heterocycles. The van der Waals surface area contributed by atoms with Crippen molar-refractivity contribution in [2.75, 3.05) is 42.9 Å². The molecule has 0 bridgehead atoms. The minimum atomic E-state index is -0.120. The maximum atomic E-state index is 12.8. The first-order valence-corrected chi connectivity index (χ1v) is 11.8. The molecule has 0 atom stereocenters. The van der Waals surface area contributed by atoms with Gasteiger partial charge in [0.2, 0.25) is 5.91 Å². The van der Waals surface area contributed by atoms with Crippen LogP contribution in [0.25, 0.3) is 0 Å². The van der Waals surface area contributed by atoms with E-state index in [0.29, 0.717) is 23.4 Å². The van der Waals surface area contributed by atoms with E-state index in [4.69, 9.17) is 5.26 Å². The SMILES string of the molecule is N#Cc1ccc(N2CCCN(CC(=O)Nc3ccccc3C(=O)NC3CCCC3)CC2)cc1. The Labute approximate surface area is 195 Å². The first kappa shape index (κ1) is 22.8. The van der Waals surface area contributed by atoms with Gasteiger partial charge in [0.25, 0.3) is 5.91 Å². The number of carbonyl (C=O) groups excluding carboxylic acids is 2. The second-order valence-electron chi connectivity index (χ2n) is 8.82. The number of carbonyl (C=O) groups is 2. The lowest BCUT2D eigenvalue weighted by Crippen LogP contribution is -2.37. The number of nitrogens with one attached hydrogen (secondary N) is 2. The van der Waals surface area contributed by atoms with Gasteiger partial charge in [-0.25, -0.2) is 0 Å². The minimum Gasteiger partial charge on any atom is -0.370 e. The van der Waals surface area contributed by atoms with Gasteiger partial charge >= 0.3 is 0 Å². The standard InChI is InChI=1S/C26H31N5O2/c27-18-20-10-12-22(13-11-20)31-15-5-14-30(16-17-31)19-25(32)29-24-9-4-3-8-23(24)26(33)28-21-6-1-2-7-21/h3-4,8-13,21H,1-2,5-7,14-17,19H2,(H,28,33)(H,29,32). The monoisotopic (exact) mass is 445 g/mol. The molecule has 1 saturated heterocycles. The topological polar surface area (TPSA) is 88.5 Å². The number of nitriles is 1. The number of para-hydroxylation sites is 1. The largest absolute Gasteiger partial charge is 0.370 e. The summed E-state index contributed by atoms with van der Waals surface area (Å²) < 4.78 is 0. The summed E-state index contributed by atoms with van der Waals surface area (Å²) in [6.45, 7) is 3.63. The van der Waals surface area contributed by atoms with Crippen LogP contribution in [0.4, 0.5) is 11.4 Å². The lowest BCUT2D eigenvalue weighted by atomic mass is 10.1. The van der Waals surface area contributed by atoms with E-state index in [-0.39, 0.29) is 17.9 Å². The van der Waals surface area contributed by atoms with E-state index in [0.717, 1.165) is 64.0 Å². The van der Waals surface area contributed by atoms with Gasteiger partial charge < -0.3 is 15.5 Å². The van der Waals surface area contributed by atoms with E-state index >= 15 is 0 Å². The van der Waals surface area contributed by atoms with E-state index in [1.165, 1.54) is 0 Å². The number of benzene rings is 2. The van der Waals surface area contributed by atoms with Crippen molar-refractivity contribution in [1.29, 1.82) is 5.26 Å². The number of hydrogen-bond donors (Lipinski definition) is 2. The highest BCUT2D eigenvalue weighted by molar-refractivity contribution is 6.04. The van der Waals surface area contributed by atoms with Crippen molar-refractivity contribution in [2.45, 2.75) is 38.1 Å². The van der Waals surface area contributed by atoms with Crippen molar-refractivity contribution in [1.82, 2.24) is 10.2 Å². The van der Waals surface area contributed by atoms with Gasteiger partial charge in [-0.2, -0.15) is 5.26 Å². The Kier molecular flexibility index (Phi) is 7.59. The number of nitrogens with zero attached hydrogens (tertiary/aromatic N) is 3. The molecule has 2 amide bonds. The predicted octanol–water partition coefficient (Wildman–Crippen LogP) is 3.38. The van der Waals surface area contributed by atoms with Crippen LogP contribution in [-0.2, 0) is 4.79 Å². The Hall–Kier alpha value is -3.37. The molecular weight excluding hydrogens is 414 g/mol. The average molecular weight is 446 g/mol. The molecular formula is C26H31N5O2. The lowest BCUT2D eigenvalue weighted by Gasteiger charge is -2.23. The fraction of sp³-hybridized carbons (Fsp3) is 0.423. The van der Waals surface area contributed by atoms with Crippen LogP contribution in [0.3, 0.4) is 0 Å². The molecule has 1 saturated carbocycles. The van der Waals surface area contributed by atoms with Crippen molar-refractivity contribution in [3.63, 3.8) is 0 Å². The fourth-order valence-corrected chi connectivity index (χ4v) is 4.65. The summed E-state index contributed by atoms with van der Waals surface area (Å²) in [6, 6.07) is 17.2. The molecule has 0 radical (unpaired) electrons. The molecule has 2 aromatic rings. The second kappa shape index (κ2) is 11.0. The van der Waals surface area contributed by atoms with Crippen molar-refractivity contribution in [3.8, 4) is 6.07 Å². The summed E-state index contributed by atoms with van der Waals surface area (Å²) >= 11 is 0. The highest BCUT2D eigenvalue weighted by Gasteiger charge is 2.21. The van der Waals surface area contributed by atoms with E-state index < -0.39 is 0 Å². The zero-order valence-electron chi connectivity index (χ0n) is 18.9. The maximum Gasteiger partial charge on any atom is 0.253 e. The van der Waals surface area contributed by atoms with Gasteiger partial charge in [-0.05, 0) is 55.7 Å². The molecule has 7 nitrogen and oxygen atoms in total. The molecule has 2 aromatic carbocycles. The number of rotatable bonds is 6. The molecule has 33 heavy (non-hydrogen) atoms. The molecule has 2 N–H and O–H groups in total. The van der Waals surface area contributed by atoms with Crippen LogP contribution in [0.15, 0.2) is 48.5 Å². The number of amides is 2. The summed E-state index contributed by atoms with van der Waals surface area (Å²) in [7, 11) is 0. The van der Waals surface area contributed by atoms with Crippen LogP contribution in [-0.4, -0.2) is 55.5 Å². The molecule has 172 valence electrons. The Morgan fingerprint density at radius 3 is 2.45 bits per heavy atom. The molecule has 1 aliphatic carbocycles. The third-order valence-corrected chi connectivity index (χ3v) is 6.45. The summed E-state index contributed by atoms with van der Waals surface area (Å²) in [4.78, 5) is 30.0. The van der Waals surface area contributed by atoms with E-state index in [1.807, 2.05) is 36.4 Å². The van der Waals surface area contributed by atoms with Crippen molar-refractivity contribution < 1.29 is 9.59 Å². The van der Waals surface area contributed by atoms with Crippen LogP contribution in [0.5, 0.6) is 0 Å². The van der Waals surface area contributed by atoms with Gasteiger partial charge in [-0.1, -0.05) is 25.0 Å². The van der Waals surface area contributed by atoms with Crippen molar-refractivity contribution in [3.05, 3.63) is 59.7 Å². The lowest BCUT2D eigenvalue weighted by molar-refractivity contribution is -0.117. The van der Waals surface area contributed by atoms with E-state index in [1.54, 1.807) is 12.1 Å². The molecule has 2 fully saturated rings. The van der Waals surface area contributed by atoms with Crippen LogP contribution in [0.2, 0.25) is 0 Å². The van der Waals surface area contributed by atoms with Crippen LogP contribution >= 0.6 is 0 Å². The predicted molar refractivity (Wildman–Crippen MR) is 129 cm³/mol. The van der Waals surface area contributed by atoms with Crippen LogP contribution in [0.1, 0.15) is 48.0 Å². The van der Waals surface area contributed by atoms with Gasteiger partial charge in [0.15, 0.2) is 0 Å². The summed E-state index contributed by atoms with van der Waals surface area (Å²) in [5.41, 5.74) is 2.83. The average Bonchev–Trinajstić information content (AvgIpc) is 3.23. The van der Waals surface area contributed by atoms with Gasteiger partial charge in [0.05, 0.1) is 29.4 Å². The third kappa shape index (κ3) is 6.11. The van der Waals surface area contributed by atoms with Crippen molar-refractivity contribution in [2.24, 2.45) is 0 Å². The summed E-state index contributed by atoms with van der Waals surface area (Å²) in [5, 5.41) is 15.0. The molecule has 0 spiro atoms. The minimum absolute atomic E-state index is 0.108. The third-order valence-electron chi connectivity index (χ3n) is 6.45. The number of hydrogen-bond acceptors (Lipinski definition) is 5. The molecule has 0 aromatic heterocycles. The quantitative estimate of drug-likeness (QED) is 0.712. The van der Waals surface area contributed by atoms with Crippen LogP contribution < -0.4 is 15.5 Å². The molecule has 4 rings (SSSR count). The fourth-order valence-electron chi connectivity index (χ4n) is 4.65. The highest BCUT2D eigenvalue weighted by Crippen LogP contribution is 2.21. The number of anilines is 2. The Morgan fingerprint density at radius 1 is 0.939 bits per heavy atom. The second-order valence-corrected chi connectivity index (χ2v) is 8.82. The Balaban J connectivity index is 1.31. The smallest absolute Gasteiger partial charge is 0.253 e. The van der Waals surface area contributed by atoms with E-state index in [2.05, 4.69) is 26.5 Å². The van der Waals surface area contributed by atoms with Crippen molar-refractivity contribution >= 4 is 23.2 Å². The van der Waals surface area contributed by atoms with Gasteiger partial charge in [0.1, 0.15) is 0 Å².